The molecule has 0 saturated heterocycles. The van der Waals surface area contributed by atoms with Crippen molar-refractivity contribution < 1.29 is 13.6 Å². The van der Waals surface area contributed by atoms with E-state index in [2.05, 4.69) is 26.2 Å². The lowest BCUT2D eigenvalue weighted by Crippen LogP contribution is -2.27. The number of amides is 1. The van der Waals surface area contributed by atoms with Gasteiger partial charge in [-0.1, -0.05) is 33.3 Å². The highest BCUT2D eigenvalue weighted by Crippen LogP contribution is 2.47. The summed E-state index contributed by atoms with van der Waals surface area (Å²) in [4.78, 5) is 15.9. The molecule has 1 atom stereocenters. The maximum absolute atomic E-state index is 13.4. The topological polar surface area (TPSA) is 51.0 Å². The predicted octanol–water partition coefficient (Wildman–Crippen LogP) is 5.75. The third-order valence-electron chi connectivity index (χ3n) is 5.28. The average molecular weight is 527 g/mol. The van der Waals surface area contributed by atoms with Crippen molar-refractivity contribution in [2.45, 2.75) is 23.2 Å². The number of anilines is 1. The summed E-state index contributed by atoms with van der Waals surface area (Å²) in [5, 5.41) is 7.93. The first-order valence-electron chi connectivity index (χ1n) is 10.1. The Labute approximate surface area is 201 Å². The molecule has 9 heteroatoms. The van der Waals surface area contributed by atoms with Crippen molar-refractivity contribution in [1.29, 1.82) is 0 Å². The van der Waals surface area contributed by atoms with Crippen molar-refractivity contribution in [3.63, 3.8) is 0 Å². The second-order valence-corrected chi connectivity index (χ2v) is 9.71. The van der Waals surface area contributed by atoms with Gasteiger partial charge in [0, 0.05) is 15.1 Å². The van der Waals surface area contributed by atoms with Crippen LogP contribution in [-0.4, -0.2) is 20.9 Å². The summed E-state index contributed by atoms with van der Waals surface area (Å²) >= 11 is 4.89. The number of thioether (sulfide) groups is 1. The molecule has 3 aromatic carbocycles. The minimum Gasteiger partial charge on any atom is -0.305 e. The molecule has 2 heterocycles. The average Bonchev–Trinajstić information content (AvgIpc) is 3.34. The third kappa shape index (κ3) is 4.69. The Morgan fingerprint density at radius 3 is 2.36 bits per heavy atom. The highest BCUT2D eigenvalue weighted by atomic mass is 79.9. The molecule has 0 bridgehead atoms. The number of hydrogen-bond donors (Lipinski definition) is 0. The lowest BCUT2D eigenvalue weighted by Gasteiger charge is -2.16. The van der Waals surface area contributed by atoms with Gasteiger partial charge < -0.3 is 4.90 Å². The Balaban J connectivity index is 1.37. The molecule has 1 aliphatic heterocycles. The summed E-state index contributed by atoms with van der Waals surface area (Å²) in [6.45, 7) is 0.727. The van der Waals surface area contributed by atoms with E-state index in [1.807, 2.05) is 18.2 Å². The Morgan fingerprint density at radius 1 is 0.939 bits per heavy atom. The van der Waals surface area contributed by atoms with Gasteiger partial charge in [0.05, 0.1) is 19.3 Å². The van der Waals surface area contributed by atoms with Crippen molar-refractivity contribution in [3.8, 4) is 0 Å². The Kier molecular flexibility index (Phi) is 5.99. The van der Waals surface area contributed by atoms with E-state index in [0.29, 0.717) is 12.2 Å². The van der Waals surface area contributed by atoms with E-state index in [1.165, 1.54) is 36.0 Å². The summed E-state index contributed by atoms with van der Waals surface area (Å²) in [7, 11) is 0. The number of benzene rings is 3. The zero-order chi connectivity index (χ0) is 22.9. The molecule has 33 heavy (non-hydrogen) atoms. The number of fused-ring (bicyclic) bond motifs is 1. The van der Waals surface area contributed by atoms with Gasteiger partial charge in [0.2, 0.25) is 5.91 Å². The van der Waals surface area contributed by atoms with Gasteiger partial charge in [-0.25, -0.2) is 13.5 Å². The molecule has 0 N–H and O–H groups in total. The van der Waals surface area contributed by atoms with Crippen LogP contribution in [0.3, 0.4) is 0 Å². The van der Waals surface area contributed by atoms with Crippen LogP contribution in [-0.2, 0) is 17.9 Å². The first-order chi connectivity index (χ1) is 16.0. The minimum absolute atomic E-state index is 0.0643. The van der Waals surface area contributed by atoms with Crippen LogP contribution in [0.4, 0.5) is 14.5 Å². The zero-order valence-corrected chi connectivity index (χ0v) is 19.6. The van der Waals surface area contributed by atoms with Gasteiger partial charge in [-0.05, 0) is 65.7 Å². The number of hydrogen-bond acceptors (Lipinski definition) is 4. The highest BCUT2D eigenvalue weighted by molar-refractivity contribution is 9.10. The van der Waals surface area contributed by atoms with Gasteiger partial charge in [-0.3, -0.25) is 4.79 Å². The van der Waals surface area contributed by atoms with Gasteiger partial charge >= 0.3 is 0 Å². The maximum atomic E-state index is 13.4. The zero-order valence-electron chi connectivity index (χ0n) is 17.2. The van der Waals surface area contributed by atoms with Crippen LogP contribution in [0.5, 0.6) is 0 Å². The molecular formula is C24H17BrF2N4OS. The summed E-state index contributed by atoms with van der Waals surface area (Å²) < 4.78 is 29.0. The quantitative estimate of drug-likeness (QED) is 0.321. The molecule has 0 saturated carbocycles. The summed E-state index contributed by atoms with van der Waals surface area (Å²) in [6.07, 6.45) is 1.79. The molecule has 1 unspecified atom stereocenters. The van der Waals surface area contributed by atoms with Crippen LogP contribution in [0.15, 0.2) is 82.3 Å². The molecule has 1 aromatic heterocycles. The monoisotopic (exact) mass is 526 g/mol. The van der Waals surface area contributed by atoms with E-state index in [-0.39, 0.29) is 24.1 Å². The standard InChI is InChI=1S/C24H17BrF2N4OS/c25-16-3-10-22-21(11-16)23(33-20-8-6-18(27)7-9-20)24(32)31(22)14-19-13-30(29-28-19)12-15-1-4-17(26)5-2-15/h1-11,13,23H,12,14H2. The van der Waals surface area contributed by atoms with E-state index in [4.69, 9.17) is 0 Å². The molecule has 0 spiro atoms. The van der Waals surface area contributed by atoms with Crippen LogP contribution in [0.25, 0.3) is 0 Å². The van der Waals surface area contributed by atoms with Crippen LogP contribution < -0.4 is 4.90 Å². The predicted molar refractivity (Wildman–Crippen MR) is 126 cm³/mol. The van der Waals surface area contributed by atoms with E-state index in [1.54, 1.807) is 40.0 Å². The number of nitrogens with zero attached hydrogens (tertiary/aromatic N) is 4. The Hall–Kier alpha value is -3.04. The summed E-state index contributed by atoms with van der Waals surface area (Å²) in [5.74, 6) is -0.667. The molecule has 1 aliphatic rings. The maximum Gasteiger partial charge on any atom is 0.245 e. The van der Waals surface area contributed by atoms with Crippen molar-refractivity contribution >= 4 is 39.3 Å². The Morgan fingerprint density at radius 2 is 1.64 bits per heavy atom. The van der Waals surface area contributed by atoms with Crippen molar-refractivity contribution in [2.24, 2.45) is 0 Å². The highest BCUT2D eigenvalue weighted by Gasteiger charge is 2.38. The van der Waals surface area contributed by atoms with Crippen molar-refractivity contribution in [2.75, 3.05) is 4.90 Å². The van der Waals surface area contributed by atoms with E-state index in [9.17, 15) is 13.6 Å². The molecule has 0 aliphatic carbocycles. The fourth-order valence-corrected chi connectivity index (χ4v) is 5.22. The molecule has 1 amide bonds. The molecule has 0 fully saturated rings. The van der Waals surface area contributed by atoms with Crippen molar-refractivity contribution in [3.05, 3.63) is 106 Å². The lowest BCUT2D eigenvalue weighted by atomic mass is 10.1. The smallest absolute Gasteiger partial charge is 0.245 e. The Bertz CT molecular complexity index is 1310. The van der Waals surface area contributed by atoms with Gasteiger partial charge in [0.25, 0.3) is 0 Å². The van der Waals surface area contributed by atoms with Gasteiger partial charge in [0.15, 0.2) is 0 Å². The van der Waals surface area contributed by atoms with E-state index >= 15 is 0 Å². The number of rotatable bonds is 6. The van der Waals surface area contributed by atoms with Crippen LogP contribution in [0, 0.1) is 11.6 Å². The van der Waals surface area contributed by atoms with Gasteiger partial charge in [0.1, 0.15) is 22.6 Å². The van der Waals surface area contributed by atoms with Crippen LogP contribution in [0.2, 0.25) is 0 Å². The first-order valence-corrected chi connectivity index (χ1v) is 11.8. The summed E-state index contributed by atoms with van der Waals surface area (Å²) in [5.41, 5.74) is 3.25. The second-order valence-electron chi connectivity index (χ2n) is 7.61. The van der Waals surface area contributed by atoms with Crippen LogP contribution >= 0.6 is 27.7 Å². The number of aromatic nitrogens is 3. The molecule has 5 nitrogen and oxygen atoms in total. The first kappa shape index (κ1) is 21.8. The van der Waals surface area contributed by atoms with Gasteiger partial charge in [-0.2, -0.15) is 0 Å². The van der Waals surface area contributed by atoms with Gasteiger partial charge in [-0.15, -0.1) is 16.9 Å². The fraction of sp³-hybridized carbons (Fsp3) is 0.125. The molecule has 166 valence electrons. The lowest BCUT2D eigenvalue weighted by molar-refractivity contribution is -0.117. The molecular weight excluding hydrogens is 510 g/mol. The fourth-order valence-electron chi connectivity index (χ4n) is 3.73. The number of halogens is 3. The van der Waals surface area contributed by atoms with E-state index < -0.39 is 5.25 Å². The SMILES string of the molecule is O=C1C(Sc2ccc(F)cc2)c2cc(Br)ccc2N1Cc1cn(Cc2ccc(F)cc2)nn1. The number of carbonyl (C=O) groups excluding carboxylic acids is 1. The third-order valence-corrected chi connectivity index (χ3v) is 7.01. The minimum atomic E-state index is -0.447. The van der Waals surface area contributed by atoms with E-state index in [0.717, 1.165) is 26.2 Å². The summed E-state index contributed by atoms with van der Waals surface area (Å²) in [6, 6.07) is 18.1. The largest absolute Gasteiger partial charge is 0.305 e. The molecule has 4 aromatic rings. The second kappa shape index (κ2) is 9.07. The normalized spacial score (nSPS) is 15.2. The molecule has 5 rings (SSSR count). The van der Waals surface area contributed by atoms with Crippen molar-refractivity contribution in [1.82, 2.24) is 15.0 Å². The molecule has 0 radical (unpaired) electrons. The van der Waals surface area contributed by atoms with Crippen LogP contribution in [0.1, 0.15) is 22.1 Å². The number of carbonyl (C=O) groups is 1.